The highest BCUT2D eigenvalue weighted by atomic mass is 32.1. The monoisotopic (exact) mass is 298 g/mol. The first-order chi connectivity index (χ1) is 9.79. The van der Waals surface area contributed by atoms with Gasteiger partial charge in [0.15, 0.2) is 5.13 Å². The first kappa shape index (κ1) is 15.7. The predicted molar refractivity (Wildman–Crippen MR) is 84.6 cm³/mol. The fourth-order valence-electron chi connectivity index (χ4n) is 2.33. The van der Waals surface area contributed by atoms with Crippen LogP contribution < -0.4 is 10.2 Å². The van der Waals surface area contributed by atoms with E-state index in [9.17, 15) is 0 Å². The van der Waals surface area contributed by atoms with Crippen LogP contribution in [0.2, 0.25) is 0 Å². The van der Waals surface area contributed by atoms with Crippen LogP contribution in [0.25, 0.3) is 0 Å². The van der Waals surface area contributed by atoms with Crippen molar-refractivity contribution in [3.8, 4) is 0 Å². The van der Waals surface area contributed by atoms with Gasteiger partial charge in [0, 0.05) is 51.4 Å². The Balaban J connectivity index is 1.69. The number of hydrogen-bond donors (Lipinski definition) is 1. The fourth-order valence-corrected chi connectivity index (χ4v) is 3.20. The van der Waals surface area contributed by atoms with Crippen LogP contribution in [0.4, 0.5) is 5.13 Å². The third kappa shape index (κ3) is 5.01. The molecule has 6 heteroatoms. The van der Waals surface area contributed by atoms with Crippen LogP contribution in [-0.4, -0.2) is 63.4 Å². The van der Waals surface area contributed by atoms with Gasteiger partial charge in [0.1, 0.15) is 0 Å². The molecule has 0 amide bonds. The number of thiazole rings is 1. The van der Waals surface area contributed by atoms with E-state index in [4.69, 9.17) is 4.74 Å². The van der Waals surface area contributed by atoms with E-state index >= 15 is 0 Å². The zero-order valence-corrected chi connectivity index (χ0v) is 13.4. The summed E-state index contributed by atoms with van der Waals surface area (Å²) in [5.74, 6) is 0. The molecule has 114 valence electrons. The number of likely N-dealkylation sites (N-methyl/N-ethyl adjacent to an activating group) is 1. The van der Waals surface area contributed by atoms with Gasteiger partial charge < -0.3 is 19.9 Å². The average molecular weight is 298 g/mol. The Kier molecular flexibility index (Phi) is 6.72. The number of anilines is 1. The van der Waals surface area contributed by atoms with Crippen molar-refractivity contribution in [2.75, 3.05) is 58.4 Å². The summed E-state index contributed by atoms with van der Waals surface area (Å²) in [7, 11) is 3.86. The highest BCUT2D eigenvalue weighted by Crippen LogP contribution is 2.21. The predicted octanol–water partition coefficient (Wildman–Crippen LogP) is 1.41. The molecule has 0 aromatic carbocycles. The molecule has 1 aromatic heterocycles. The molecule has 1 aromatic rings. The number of aromatic nitrogens is 1. The molecular formula is C14H26N4OS. The highest BCUT2D eigenvalue weighted by Gasteiger charge is 2.13. The third-order valence-electron chi connectivity index (χ3n) is 3.60. The molecule has 1 saturated heterocycles. The van der Waals surface area contributed by atoms with Crippen molar-refractivity contribution in [3.63, 3.8) is 0 Å². The second-order valence-electron chi connectivity index (χ2n) is 5.25. The molecule has 0 saturated carbocycles. The van der Waals surface area contributed by atoms with Gasteiger partial charge in [-0.2, -0.15) is 0 Å². The molecular weight excluding hydrogens is 272 g/mol. The SMILES string of the molecule is COCCNCc1cnc(N(C)CCN2CCCC2)s1. The molecule has 1 aliphatic rings. The minimum Gasteiger partial charge on any atom is -0.383 e. The summed E-state index contributed by atoms with van der Waals surface area (Å²) in [4.78, 5) is 10.6. The zero-order valence-electron chi connectivity index (χ0n) is 12.6. The van der Waals surface area contributed by atoms with E-state index in [0.717, 1.165) is 37.9 Å². The normalized spacial score (nSPS) is 15.9. The summed E-state index contributed by atoms with van der Waals surface area (Å²) >= 11 is 1.77. The second kappa shape index (κ2) is 8.56. The Morgan fingerprint density at radius 2 is 2.25 bits per heavy atom. The molecule has 0 bridgehead atoms. The van der Waals surface area contributed by atoms with Crippen molar-refractivity contribution in [2.45, 2.75) is 19.4 Å². The third-order valence-corrected chi connectivity index (χ3v) is 4.71. The topological polar surface area (TPSA) is 40.6 Å². The first-order valence-electron chi connectivity index (χ1n) is 7.37. The lowest BCUT2D eigenvalue weighted by molar-refractivity contribution is 0.199. The molecule has 1 fully saturated rings. The number of nitrogens with one attached hydrogen (secondary N) is 1. The van der Waals surface area contributed by atoms with Crippen molar-refractivity contribution in [2.24, 2.45) is 0 Å². The van der Waals surface area contributed by atoms with Crippen molar-refractivity contribution < 1.29 is 4.74 Å². The summed E-state index contributed by atoms with van der Waals surface area (Å²) in [5, 5.41) is 4.47. The Bertz CT molecular complexity index is 379. The van der Waals surface area contributed by atoms with E-state index in [0.29, 0.717) is 0 Å². The van der Waals surface area contributed by atoms with Gasteiger partial charge in [-0.05, 0) is 25.9 Å². The van der Waals surface area contributed by atoms with Crippen LogP contribution in [0.3, 0.4) is 0 Å². The van der Waals surface area contributed by atoms with E-state index in [1.165, 1.54) is 30.8 Å². The second-order valence-corrected chi connectivity index (χ2v) is 6.34. The van der Waals surface area contributed by atoms with Gasteiger partial charge in [-0.1, -0.05) is 0 Å². The van der Waals surface area contributed by atoms with Gasteiger partial charge in [-0.15, -0.1) is 11.3 Å². The van der Waals surface area contributed by atoms with E-state index in [1.54, 1.807) is 18.4 Å². The molecule has 2 rings (SSSR count). The van der Waals surface area contributed by atoms with Crippen molar-refractivity contribution >= 4 is 16.5 Å². The van der Waals surface area contributed by atoms with Crippen LogP contribution in [0.1, 0.15) is 17.7 Å². The van der Waals surface area contributed by atoms with Gasteiger partial charge in [-0.3, -0.25) is 0 Å². The summed E-state index contributed by atoms with van der Waals surface area (Å²) < 4.78 is 5.02. The van der Waals surface area contributed by atoms with Crippen LogP contribution >= 0.6 is 11.3 Å². The van der Waals surface area contributed by atoms with Crippen LogP contribution in [-0.2, 0) is 11.3 Å². The Hall–Kier alpha value is -0.690. The van der Waals surface area contributed by atoms with Crippen molar-refractivity contribution in [3.05, 3.63) is 11.1 Å². The lowest BCUT2D eigenvalue weighted by Gasteiger charge is -2.20. The van der Waals surface area contributed by atoms with E-state index in [-0.39, 0.29) is 0 Å². The average Bonchev–Trinajstić information content (AvgIpc) is 3.12. The Morgan fingerprint density at radius 1 is 1.45 bits per heavy atom. The van der Waals surface area contributed by atoms with Gasteiger partial charge in [0.2, 0.25) is 0 Å². The largest absolute Gasteiger partial charge is 0.383 e. The maximum absolute atomic E-state index is 5.02. The molecule has 0 radical (unpaired) electrons. The van der Waals surface area contributed by atoms with Crippen LogP contribution in [0.5, 0.6) is 0 Å². The molecule has 0 aliphatic carbocycles. The van der Waals surface area contributed by atoms with E-state index in [2.05, 4.69) is 27.1 Å². The molecule has 1 N–H and O–H groups in total. The highest BCUT2D eigenvalue weighted by molar-refractivity contribution is 7.15. The number of methoxy groups -OCH3 is 1. The minimum atomic E-state index is 0.751. The Morgan fingerprint density at radius 3 is 3.00 bits per heavy atom. The van der Waals surface area contributed by atoms with E-state index in [1.807, 2.05) is 6.20 Å². The fraction of sp³-hybridized carbons (Fsp3) is 0.786. The Labute approximate surface area is 125 Å². The van der Waals surface area contributed by atoms with Crippen LogP contribution in [0, 0.1) is 0 Å². The molecule has 20 heavy (non-hydrogen) atoms. The van der Waals surface area contributed by atoms with Gasteiger partial charge in [-0.25, -0.2) is 4.98 Å². The maximum Gasteiger partial charge on any atom is 0.185 e. The van der Waals surface area contributed by atoms with Crippen molar-refractivity contribution in [1.29, 1.82) is 0 Å². The van der Waals surface area contributed by atoms with E-state index < -0.39 is 0 Å². The number of hydrogen-bond acceptors (Lipinski definition) is 6. The summed E-state index contributed by atoms with van der Waals surface area (Å²) in [6.07, 6.45) is 4.70. The first-order valence-corrected chi connectivity index (χ1v) is 8.19. The molecule has 1 aliphatic heterocycles. The van der Waals surface area contributed by atoms with Gasteiger partial charge in [0.05, 0.1) is 6.61 Å². The lowest BCUT2D eigenvalue weighted by Crippen LogP contribution is -2.31. The summed E-state index contributed by atoms with van der Waals surface area (Å²) in [6.45, 7) is 7.25. The molecule has 5 nitrogen and oxygen atoms in total. The molecule has 0 spiro atoms. The number of ether oxygens (including phenoxy) is 1. The number of rotatable bonds is 9. The number of likely N-dealkylation sites (tertiary alicyclic amines) is 1. The standard InChI is InChI=1S/C14H26N4OS/c1-17(8-9-18-6-3-4-7-18)14-16-12-13(20-14)11-15-5-10-19-2/h12,15H,3-11H2,1-2H3. The lowest BCUT2D eigenvalue weighted by atomic mass is 10.4. The van der Waals surface area contributed by atoms with Gasteiger partial charge in [0.25, 0.3) is 0 Å². The smallest absolute Gasteiger partial charge is 0.185 e. The quantitative estimate of drug-likeness (QED) is 0.698. The zero-order chi connectivity index (χ0) is 14.2. The minimum absolute atomic E-state index is 0.751. The summed E-state index contributed by atoms with van der Waals surface area (Å²) in [5.41, 5.74) is 0. The maximum atomic E-state index is 5.02. The molecule has 0 unspecified atom stereocenters. The summed E-state index contributed by atoms with van der Waals surface area (Å²) in [6, 6.07) is 0. The van der Waals surface area contributed by atoms with Crippen LogP contribution in [0.15, 0.2) is 6.20 Å². The van der Waals surface area contributed by atoms with Gasteiger partial charge >= 0.3 is 0 Å². The molecule has 2 heterocycles. The molecule has 0 atom stereocenters. The van der Waals surface area contributed by atoms with Crippen molar-refractivity contribution in [1.82, 2.24) is 15.2 Å². The number of nitrogens with zero attached hydrogens (tertiary/aromatic N) is 3.